The smallest absolute Gasteiger partial charge is 0.258 e. The molecule has 1 heterocycles. The molecule has 0 aliphatic rings. The Morgan fingerprint density at radius 2 is 2.11 bits per heavy atom. The first-order valence-electron chi connectivity index (χ1n) is 4.66. The largest absolute Gasteiger partial charge is 0.287 e. The van der Waals surface area contributed by atoms with Crippen molar-refractivity contribution in [3.8, 4) is 17.8 Å². The van der Waals surface area contributed by atoms with Crippen LogP contribution < -0.4 is 0 Å². The van der Waals surface area contributed by atoms with Crippen molar-refractivity contribution in [2.45, 2.75) is 0 Å². The maximum atomic E-state index is 10.7. The van der Waals surface area contributed by atoms with Crippen molar-refractivity contribution in [2.24, 2.45) is 0 Å². The second kappa shape index (κ2) is 4.31. The molecule has 1 aromatic carbocycles. The van der Waals surface area contributed by atoms with Crippen LogP contribution in [-0.2, 0) is 0 Å². The van der Waals surface area contributed by atoms with Gasteiger partial charge in [0.1, 0.15) is 24.0 Å². The van der Waals surface area contributed by atoms with Crippen LogP contribution in [0.4, 0.5) is 5.69 Å². The van der Waals surface area contributed by atoms with Gasteiger partial charge in [-0.05, 0) is 12.1 Å². The summed E-state index contributed by atoms with van der Waals surface area (Å²) in [6.45, 7) is 0. The topological polar surface area (TPSA) is 121 Å². The van der Waals surface area contributed by atoms with Crippen LogP contribution in [0.5, 0.6) is 0 Å². The molecule has 1 aromatic heterocycles. The summed E-state index contributed by atoms with van der Waals surface area (Å²) in [5.41, 5.74) is 0.0690. The number of nitriles is 2. The zero-order chi connectivity index (χ0) is 13.1. The highest BCUT2D eigenvalue weighted by Gasteiger charge is 2.14. The van der Waals surface area contributed by atoms with Gasteiger partial charge in [0, 0.05) is 6.07 Å². The molecule has 0 unspecified atom stereocenters. The van der Waals surface area contributed by atoms with E-state index in [-0.39, 0.29) is 17.1 Å². The lowest BCUT2D eigenvalue weighted by Gasteiger charge is -2.00. The number of rotatable bonds is 2. The molecule has 0 saturated heterocycles. The van der Waals surface area contributed by atoms with E-state index in [4.69, 9.17) is 10.5 Å². The van der Waals surface area contributed by atoms with Crippen LogP contribution in [0.15, 0.2) is 24.5 Å². The summed E-state index contributed by atoms with van der Waals surface area (Å²) in [6.07, 6.45) is 1.29. The molecule has 2 rings (SSSR count). The van der Waals surface area contributed by atoms with Crippen molar-refractivity contribution >= 4 is 5.69 Å². The summed E-state index contributed by atoms with van der Waals surface area (Å²) in [5.74, 6) is -0.0214. The zero-order valence-electron chi connectivity index (χ0n) is 8.81. The first-order chi connectivity index (χ1) is 8.65. The first kappa shape index (κ1) is 11.2. The van der Waals surface area contributed by atoms with Gasteiger partial charge in [0.05, 0.1) is 10.6 Å². The molecule has 0 bridgehead atoms. The van der Waals surface area contributed by atoms with Crippen molar-refractivity contribution in [2.75, 3.05) is 0 Å². The lowest BCUT2D eigenvalue weighted by molar-refractivity contribution is -0.385. The fraction of sp³-hybridized carbons (Fsp3) is 0. The molecule has 0 N–H and O–H groups in total. The highest BCUT2D eigenvalue weighted by atomic mass is 16.6. The summed E-state index contributed by atoms with van der Waals surface area (Å²) < 4.78 is 1.27. The molecule has 0 radical (unpaired) electrons. The van der Waals surface area contributed by atoms with E-state index in [9.17, 15) is 10.1 Å². The van der Waals surface area contributed by atoms with E-state index in [1.165, 1.54) is 29.2 Å². The van der Waals surface area contributed by atoms with E-state index in [2.05, 4.69) is 10.1 Å². The number of nitro benzene ring substituents is 1. The summed E-state index contributed by atoms with van der Waals surface area (Å²) in [7, 11) is 0. The number of hydrogen-bond acceptors (Lipinski definition) is 6. The average Bonchev–Trinajstić information content (AvgIpc) is 2.86. The van der Waals surface area contributed by atoms with Gasteiger partial charge in [0.25, 0.3) is 11.5 Å². The summed E-state index contributed by atoms with van der Waals surface area (Å²) in [4.78, 5) is 13.7. The molecule has 86 valence electrons. The van der Waals surface area contributed by atoms with E-state index in [0.717, 1.165) is 0 Å². The Morgan fingerprint density at radius 3 is 2.67 bits per heavy atom. The van der Waals surface area contributed by atoms with Gasteiger partial charge in [-0.3, -0.25) is 10.1 Å². The maximum Gasteiger partial charge on any atom is 0.287 e. The fourth-order valence-corrected chi connectivity index (χ4v) is 1.35. The quantitative estimate of drug-likeness (QED) is 0.568. The van der Waals surface area contributed by atoms with Crippen molar-refractivity contribution in [3.05, 3.63) is 46.0 Å². The molecule has 8 nitrogen and oxygen atoms in total. The fourth-order valence-electron chi connectivity index (χ4n) is 1.35. The van der Waals surface area contributed by atoms with Gasteiger partial charge in [-0.2, -0.15) is 10.5 Å². The molecule has 0 amide bonds. The molecule has 0 fully saturated rings. The van der Waals surface area contributed by atoms with Gasteiger partial charge in [0.15, 0.2) is 0 Å². The molecule has 0 atom stereocenters. The third-order valence-corrected chi connectivity index (χ3v) is 2.15. The predicted molar refractivity (Wildman–Crippen MR) is 57.4 cm³/mol. The summed E-state index contributed by atoms with van der Waals surface area (Å²) in [5, 5.41) is 31.9. The molecule has 0 aliphatic carbocycles. The van der Waals surface area contributed by atoms with Crippen LogP contribution in [0.25, 0.3) is 5.69 Å². The van der Waals surface area contributed by atoms with Gasteiger partial charge in [-0.1, -0.05) is 0 Å². The minimum atomic E-state index is -0.635. The van der Waals surface area contributed by atoms with Gasteiger partial charge in [-0.15, -0.1) is 5.10 Å². The number of hydrogen-bond donors (Lipinski definition) is 0. The number of aromatic nitrogens is 3. The average molecular weight is 240 g/mol. The van der Waals surface area contributed by atoms with Crippen LogP contribution in [0, 0.1) is 32.8 Å². The zero-order valence-corrected chi connectivity index (χ0v) is 8.81. The van der Waals surface area contributed by atoms with Gasteiger partial charge in [0.2, 0.25) is 0 Å². The van der Waals surface area contributed by atoms with E-state index in [1.807, 2.05) is 0 Å². The summed E-state index contributed by atoms with van der Waals surface area (Å²) in [6, 6.07) is 7.45. The highest BCUT2D eigenvalue weighted by Crippen LogP contribution is 2.20. The third-order valence-electron chi connectivity index (χ3n) is 2.15. The standard InChI is InChI=1S/C10H4N6O2/c11-4-7-3-8(1-2-9(7)16(17)18)15-6-13-10(5-12)14-15/h1-3,6H. The molecular formula is C10H4N6O2. The molecule has 0 saturated carbocycles. The first-order valence-corrected chi connectivity index (χ1v) is 4.66. The van der Waals surface area contributed by atoms with E-state index in [0.29, 0.717) is 5.69 Å². The molecule has 18 heavy (non-hydrogen) atoms. The van der Waals surface area contributed by atoms with Crippen molar-refractivity contribution in [1.82, 2.24) is 14.8 Å². The molecular weight excluding hydrogens is 236 g/mol. The number of nitro groups is 1. The Kier molecular flexibility index (Phi) is 2.69. The lowest BCUT2D eigenvalue weighted by atomic mass is 10.2. The number of nitrogens with zero attached hydrogens (tertiary/aromatic N) is 6. The molecule has 8 heteroatoms. The second-order valence-corrected chi connectivity index (χ2v) is 3.19. The molecule has 0 spiro atoms. The Labute approximate surface area is 100 Å². The highest BCUT2D eigenvalue weighted by molar-refractivity contribution is 5.54. The van der Waals surface area contributed by atoms with Crippen molar-refractivity contribution < 1.29 is 4.92 Å². The molecule has 0 aliphatic heterocycles. The Balaban J connectivity index is 2.52. The van der Waals surface area contributed by atoms with Crippen LogP contribution >= 0.6 is 0 Å². The van der Waals surface area contributed by atoms with Gasteiger partial charge >= 0.3 is 0 Å². The normalized spacial score (nSPS) is 9.44. The predicted octanol–water partition coefficient (Wildman–Crippen LogP) is 0.919. The van der Waals surface area contributed by atoms with E-state index in [1.54, 1.807) is 12.1 Å². The van der Waals surface area contributed by atoms with Gasteiger partial charge in [-0.25, -0.2) is 9.67 Å². The van der Waals surface area contributed by atoms with Crippen LogP contribution in [0.1, 0.15) is 11.4 Å². The van der Waals surface area contributed by atoms with Crippen LogP contribution in [-0.4, -0.2) is 19.7 Å². The van der Waals surface area contributed by atoms with Crippen LogP contribution in [0.2, 0.25) is 0 Å². The van der Waals surface area contributed by atoms with Crippen LogP contribution in [0.3, 0.4) is 0 Å². The van der Waals surface area contributed by atoms with Gasteiger partial charge < -0.3 is 0 Å². The Hall–Kier alpha value is -3.26. The summed E-state index contributed by atoms with van der Waals surface area (Å²) >= 11 is 0. The Bertz CT molecular complexity index is 706. The van der Waals surface area contributed by atoms with E-state index < -0.39 is 4.92 Å². The minimum absolute atomic E-state index is 0.0214. The van der Waals surface area contributed by atoms with E-state index >= 15 is 0 Å². The maximum absolute atomic E-state index is 10.7. The SMILES string of the molecule is N#Cc1ncn(-c2ccc([N+](=O)[O-])c(C#N)c2)n1. The second-order valence-electron chi connectivity index (χ2n) is 3.19. The van der Waals surface area contributed by atoms with Crippen molar-refractivity contribution in [3.63, 3.8) is 0 Å². The Morgan fingerprint density at radius 1 is 1.33 bits per heavy atom. The van der Waals surface area contributed by atoms with Crippen molar-refractivity contribution in [1.29, 1.82) is 10.5 Å². The lowest BCUT2D eigenvalue weighted by Crippen LogP contribution is -1.98. The monoisotopic (exact) mass is 240 g/mol. The molecule has 2 aromatic rings. The minimum Gasteiger partial charge on any atom is -0.258 e. The number of benzene rings is 1. The third kappa shape index (κ3) is 1.86.